The van der Waals surface area contributed by atoms with Crippen molar-refractivity contribution in [1.82, 2.24) is 4.90 Å². The average Bonchev–Trinajstić information content (AvgIpc) is 3.47. The molecule has 0 spiro atoms. The summed E-state index contributed by atoms with van der Waals surface area (Å²) in [5.41, 5.74) is 1.14. The van der Waals surface area contributed by atoms with Gasteiger partial charge in [-0.25, -0.2) is 14.1 Å². The van der Waals surface area contributed by atoms with Crippen LogP contribution in [0.1, 0.15) is 39.8 Å². The zero-order valence-corrected chi connectivity index (χ0v) is 18.3. The van der Waals surface area contributed by atoms with Gasteiger partial charge in [-0.3, -0.25) is 14.4 Å². The van der Waals surface area contributed by atoms with E-state index in [4.69, 9.17) is 9.15 Å². The van der Waals surface area contributed by atoms with Crippen LogP contribution in [0.25, 0.3) is 0 Å². The molecule has 1 aliphatic rings. The predicted molar refractivity (Wildman–Crippen MR) is 118 cm³/mol. The number of carbonyl (C=O) groups is 4. The molecule has 9 heteroatoms. The van der Waals surface area contributed by atoms with Crippen LogP contribution < -0.4 is 4.90 Å². The fraction of sp³-hybridized carbons (Fsp3) is 0.200. The molecule has 1 aromatic heterocycles. The molecular formula is C25H21FN2O6. The summed E-state index contributed by atoms with van der Waals surface area (Å²) in [4.78, 5) is 53.4. The minimum absolute atomic E-state index is 0.0135. The van der Waals surface area contributed by atoms with Gasteiger partial charge in [0.15, 0.2) is 5.76 Å². The summed E-state index contributed by atoms with van der Waals surface area (Å²) >= 11 is 0. The number of esters is 1. The van der Waals surface area contributed by atoms with E-state index in [1.807, 2.05) is 0 Å². The van der Waals surface area contributed by atoms with Gasteiger partial charge in [0, 0.05) is 6.54 Å². The number of nitrogens with zero attached hydrogens (tertiary/aromatic N) is 2. The highest BCUT2D eigenvalue weighted by atomic mass is 19.1. The highest BCUT2D eigenvalue weighted by Crippen LogP contribution is 2.28. The molecule has 174 valence electrons. The SMILES string of the molecule is CCOC(=O)c1ccc(N2C(=O)CC(N(Cc3ccc(F)cc3)C(=O)c3ccco3)C2=O)cc1. The van der Waals surface area contributed by atoms with Crippen LogP contribution in [-0.2, 0) is 20.9 Å². The van der Waals surface area contributed by atoms with E-state index < -0.39 is 35.5 Å². The lowest BCUT2D eigenvalue weighted by Gasteiger charge is -2.27. The number of rotatable bonds is 7. The van der Waals surface area contributed by atoms with E-state index in [9.17, 15) is 23.6 Å². The Morgan fingerprint density at radius 3 is 2.41 bits per heavy atom. The van der Waals surface area contributed by atoms with Crippen molar-refractivity contribution in [3.63, 3.8) is 0 Å². The van der Waals surface area contributed by atoms with E-state index in [1.165, 1.54) is 65.8 Å². The molecular weight excluding hydrogens is 443 g/mol. The fourth-order valence-electron chi connectivity index (χ4n) is 3.74. The second kappa shape index (κ2) is 9.70. The van der Waals surface area contributed by atoms with Gasteiger partial charge in [-0.2, -0.15) is 0 Å². The molecule has 1 atom stereocenters. The number of halogens is 1. The first kappa shape index (κ1) is 22.9. The lowest BCUT2D eigenvalue weighted by Crippen LogP contribution is -2.45. The van der Waals surface area contributed by atoms with E-state index >= 15 is 0 Å². The topological polar surface area (TPSA) is 97.1 Å². The maximum Gasteiger partial charge on any atom is 0.338 e. The van der Waals surface area contributed by atoms with Crippen LogP contribution >= 0.6 is 0 Å². The van der Waals surface area contributed by atoms with Gasteiger partial charge in [0.25, 0.3) is 11.8 Å². The Hall–Kier alpha value is -4.27. The Morgan fingerprint density at radius 2 is 1.79 bits per heavy atom. The molecule has 1 unspecified atom stereocenters. The number of hydrogen-bond acceptors (Lipinski definition) is 6. The molecule has 3 aromatic rings. The second-order valence-electron chi connectivity index (χ2n) is 7.59. The van der Waals surface area contributed by atoms with Crippen LogP contribution in [0.15, 0.2) is 71.3 Å². The maximum atomic E-state index is 13.4. The second-order valence-corrected chi connectivity index (χ2v) is 7.59. The van der Waals surface area contributed by atoms with Crippen LogP contribution in [-0.4, -0.2) is 41.2 Å². The molecule has 2 heterocycles. The van der Waals surface area contributed by atoms with Crippen LogP contribution in [0.3, 0.4) is 0 Å². The fourth-order valence-corrected chi connectivity index (χ4v) is 3.74. The highest BCUT2D eigenvalue weighted by molar-refractivity contribution is 6.23. The first-order valence-electron chi connectivity index (χ1n) is 10.6. The molecule has 0 saturated carbocycles. The van der Waals surface area contributed by atoms with Gasteiger partial charge in [-0.15, -0.1) is 0 Å². The summed E-state index contributed by atoms with van der Waals surface area (Å²) in [6.07, 6.45) is 1.11. The van der Waals surface area contributed by atoms with E-state index in [0.717, 1.165) is 4.90 Å². The molecule has 2 aromatic carbocycles. The molecule has 8 nitrogen and oxygen atoms in total. The summed E-state index contributed by atoms with van der Waals surface area (Å²) in [6, 6.07) is 13.3. The summed E-state index contributed by atoms with van der Waals surface area (Å²) in [7, 11) is 0. The Morgan fingerprint density at radius 1 is 1.09 bits per heavy atom. The van der Waals surface area contributed by atoms with Crippen molar-refractivity contribution >= 4 is 29.4 Å². The minimum atomic E-state index is -1.08. The highest BCUT2D eigenvalue weighted by Gasteiger charge is 2.45. The van der Waals surface area contributed by atoms with E-state index in [0.29, 0.717) is 5.56 Å². The van der Waals surface area contributed by atoms with Crippen LogP contribution in [0.5, 0.6) is 0 Å². The lowest BCUT2D eigenvalue weighted by molar-refractivity contribution is -0.122. The van der Waals surface area contributed by atoms with Crippen LogP contribution in [0, 0.1) is 5.82 Å². The third kappa shape index (κ3) is 4.59. The van der Waals surface area contributed by atoms with Crippen LogP contribution in [0.4, 0.5) is 10.1 Å². The smallest absolute Gasteiger partial charge is 0.338 e. The number of imide groups is 1. The third-order valence-electron chi connectivity index (χ3n) is 5.39. The molecule has 1 saturated heterocycles. The van der Waals surface area contributed by atoms with Gasteiger partial charge in [-0.05, 0) is 61.0 Å². The van der Waals surface area contributed by atoms with Gasteiger partial charge in [0.2, 0.25) is 5.91 Å². The van der Waals surface area contributed by atoms with Gasteiger partial charge in [0.1, 0.15) is 11.9 Å². The van der Waals surface area contributed by atoms with E-state index in [2.05, 4.69) is 0 Å². The van der Waals surface area contributed by atoms with Crippen molar-refractivity contribution in [3.8, 4) is 0 Å². The van der Waals surface area contributed by atoms with Crippen molar-refractivity contribution in [2.75, 3.05) is 11.5 Å². The van der Waals surface area contributed by atoms with Crippen LogP contribution in [0.2, 0.25) is 0 Å². The Bertz CT molecular complexity index is 1210. The minimum Gasteiger partial charge on any atom is -0.462 e. The molecule has 0 N–H and O–H groups in total. The Kier molecular flexibility index (Phi) is 6.53. The number of anilines is 1. The first-order valence-corrected chi connectivity index (χ1v) is 10.6. The number of carbonyl (C=O) groups excluding carboxylic acids is 4. The molecule has 0 bridgehead atoms. The summed E-state index contributed by atoms with van der Waals surface area (Å²) in [6.45, 7) is 1.88. The Labute approximate surface area is 194 Å². The zero-order chi connectivity index (χ0) is 24.2. The average molecular weight is 464 g/mol. The number of amides is 3. The largest absolute Gasteiger partial charge is 0.462 e. The molecule has 3 amide bonds. The quantitative estimate of drug-likeness (QED) is 0.392. The predicted octanol–water partition coefficient (Wildman–Crippen LogP) is 3.57. The zero-order valence-electron chi connectivity index (χ0n) is 18.3. The third-order valence-corrected chi connectivity index (χ3v) is 5.39. The summed E-state index contributed by atoms with van der Waals surface area (Å²) < 4.78 is 23.5. The van der Waals surface area contributed by atoms with E-state index in [-0.39, 0.29) is 36.6 Å². The molecule has 1 fully saturated rings. The van der Waals surface area contributed by atoms with Crippen molar-refractivity contribution in [2.45, 2.75) is 25.9 Å². The number of benzene rings is 2. The molecule has 34 heavy (non-hydrogen) atoms. The molecule has 0 radical (unpaired) electrons. The molecule has 4 rings (SSSR count). The van der Waals surface area contributed by atoms with Crippen molar-refractivity contribution in [1.29, 1.82) is 0 Å². The van der Waals surface area contributed by atoms with E-state index in [1.54, 1.807) is 13.0 Å². The maximum absolute atomic E-state index is 13.4. The van der Waals surface area contributed by atoms with Crippen molar-refractivity contribution in [2.24, 2.45) is 0 Å². The lowest BCUT2D eigenvalue weighted by atomic mass is 10.1. The number of furan rings is 1. The van der Waals surface area contributed by atoms with Crippen molar-refractivity contribution < 1.29 is 32.7 Å². The van der Waals surface area contributed by atoms with Gasteiger partial charge >= 0.3 is 5.97 Å². The van der Waals surface area contributed by atoms with Crippen molar-refractivity contribution in [3.05, 3.63) is 89.6 Å². The molecule has 0 aliphatic carbocycles. The monoisotopic (exact) mass is 464 g/mol. The summed E-state index contributed by atoms with van der Waals surface area (Å²) in [5, 5.41) is 0. The number of ether oxygens (including phenoxy) is 1. The standard InChI is InChI=1S/C25H21FN2O6/c1-2-33-25(32)17-7-11-19(12-8-17)28-22(29)14-20(23(28)30)27(24(31)21-4-3-13-34-21)15-16-5-9-18(26)10-6-16/h3-13,20H,2,14-15H2,1H3. The van der Waals surface area contributed by atoms with Gasteiger partial charge in [-0.1, -0.05) is 12.1 Å². The van der Waals surface area contributed by atoms with Gasteiger partial charge in [0.05, 0.1) is 30.5 Å². The molecule has 1 aliphatic heterocycles. The van der Waals surface area contributed by atoms with Gasteiger partial charge < -0.3 is 14.1 Å². The normalized spacial score (nSPS) is 15.5. The Balaban J connectivity index is 1.61. The summed E-state index contributed by atoms with van der Waals surface area (Å²) in [5.74, 6) is -2.58. The first-order chi connectivity index (χ1) is 16.4. The number of hydrogen-bond donors (Lipinski definition) is 0.